The van der Waals surface area contributed by atoms with E-state index in [0.29, 0.717) is 0 Å². The summed E-state index contributed by atoms with van der Waals surface area (Å²) in [4.78, 5) is 10.4. The molecule has 1 rings (SSSR count). The summed E-state index contributed by atoms with van der Waals surface area (Å²) < 4.78 is 27.4. The standard InChI is InChI=1S/C10H21N3O4S/c1-13(7-6-10(14)15)18(16,17)12-9-5-3-2-4-8(9)11/h8-9,12H,2-7,11H2,1H3,(H,14,15). The average molecular weight is 279 g/mol. The molecule has 4 N–H and O–H groups in total. The number of nitrogens with one attached hydrogen (secondary N) is 1. The van der Waals surface area contributed by atoms with E-state index in [9.17, 15) is 13.2 Å². The smallest absolute Gasteiger partial charge is 0.304 e. The molecule has 2 atom stereocenters. The number of carbonyl (C=O) groups is 1. The molecule has 0 aromatic rings. The molecule has 1 saturated carbocycles. The zero-order chi connectivity index (χ0) is 13.8. The SMILES string of the molecule is CN(CCC(=O)O)S(=O)(=O)NC1CCCCC1N. The van der Waals surface area contributed by atoms with Gasteiger partial charge in [0, 0.05) is 25.7 Å². The van der Waals surface area contributed by atoms with Gasteiger partial charge in [-0.05, 0) is 12.8 Å². The van der Waals surface area contributed by atoms with Gasteiger partial charge in [0.2, 0.25) is 0 Å². The van der Waals surface area contributed by atoms with Crippen molar-refractivity contribution in [2.45, 2.75) is 44.2 Å². The molecule has 0 radical (unpaired) electrons. The number of hydrogen-bond acceptors (Lipinski definition) is 4. The average Bonchev–Trinajstić information content (AvgIpc) is 2.28. The minimum atomic E-state index is -3.65. The molecule has 2 unspecified atom stereocenters. The van der Waals surface area contributed by atoms with E-state index < -0.39 is 16.2 Å². The minimum absolute atomic E-state index is 0.0490. The van der Waals surface area contributed by atoms with E-state index in [4.69, 9.17) is 10.8 Å². The fourth-order valence-corrected chi connectivity index (χ4v) is 3.15. The molecule has 0 aromatic carbocycles. The zero-order valence-electron chi connectivity index (χ0n) is 10.5. The first-order valence-corrected chi connectivity index (χ1v) is 7.48. The summed E-state index contributed by atoms with van der Waals surface area (Å²) in [5, 5.41) is 8.53. The number of aliphatic carboxylic acids is 1. The lowest BCUT2D eigenvalue weighted by molar-refractivity contribution is -0.137. The van der Waals surface area contributed by atoms with Gasteiger partial charge in [-0.3, -0.25) is 4.79 Å². The Bertz CT molecular complexity index is 385. The quantitative estimate of drug-likeness (QED) is 0.606. The molecule has 0 aromatic heterocycles. The Kier molecular flexibility index (Phi) is 5.51. The number of nitrogens with two attached hydrogens (primary N) is 1. The van der Waals surface area contributed by atoms with Gasteiger partial charge in [0.15, 0.2) is 0 Å². The van der Waals surface area contributed by atoms with Crippen LogP contribution in [0.5, 0.6) is 0 Å². The fraction of sp³-hybridized carbons (Fsp3) is 0.900. The Balaban J connectivity index is 2.54. The van der Waals surface area contributed by atoms with Crippen molar-refractivity contribution in [2.75, 3.05) is 13.6 Å². The van der Waals surface area contributed by atoms with Crippen LogP contribution in [0.15, 0.2) is 0 Å². The Hall–Kier alpha value is -0.700. The third-order valence-corrected chi connectivity index (χ3v) is 4.77. The summed E-state index contributed by atoms with van der Waals surface area (Å²) in [7, 11) is -2.29. The van der Waals surface area contributed by atoms with Gasteiger partial charge in [0.05, 0.1) is 6.42 Å². The molecular formula is C10H21N3O4S. The summed E-state index contributed by atoms with van der Waals surface area (Å²) in [5.74, 6) is -1.02. The van der Waals surface area contributed by atoms with Gasteiger partial charge in [-0.1, -0.05) is 12.8 Å². The van der Waals surface area contributed by atoms with Gasteiger partial charge in [-0.25, -0.2) is 0 Å². The van der Waals surface area contributed by atoms with Crippen molar-refractivity contribution >= 4 is 16.2 Å². The van der Waals surface area contributed by atoms with Crippen LogP contribution < -0.4 is 10.5 Å². The highest BCUT2D eigenvalue weighted by molar-refractivity contribution is 7.87. The van der Waals surface area contributed by atoms with Crippen LogP contribution in [0.1, 0.15) is 32.1 Å². The third-order valence-electron chi connectivity index (χ3n) is 3.17. The molecule has 0 aliphatic heterocycles. The molecule has 1 fully saturated rings. The predicted molar refractivity (Wildman–Crippen MR) is 67.2 cm³/mol. The summed E-state index contributed by atoms with van der Waals surface area (Å²) in [5.41, 5.74) is 5.87. The second-order valence-electron chi connectivity index (χ2n) is 4.64. The lowest BCUT2D eigenvalue weighted by atomic mass is 9.92. The van der Waals surface area contributed by atoms with E-state index in [1.807, 2.05) is 0 Å². The van der Waals surface area contributed by atoms with Gasteiger partial charge in [-0.15, -0.1) is 0 Å². The molecule has 0 amide bonds. The molecule has 8 heteroatoms. The molecule has 106 valence electrons. The van der Waals surface area contributed by atoms with Crippen molar-refractivity contribution in [3.63, 3.8) is 0 Å². The van der Waals surface area contributed by atoms with Gasteiger partial charge in [0.1, 0.15) is 0 Å². The van der Waals surface area contributed by atoms with Crippen molar-refractivity contribution in [3.8, 4) is 0 Å². The minimum Gasteiger partial charge on any atom is -0.481 e. The maximum absolute atomic E-state index is 11.9. The first-order valence-electron chi connectivity index (χ1n) is 6.04. The van der Waals surface area contributed by atoms with Crippen LogP contribution in [0.2, 0.25) is 0 Å². The summed E-state index contributed by atoms with van der Waals surface area (Å²) >= 11 is 0. The highest BCUT2D eigenvalue weighted by Crippen LogP contribution is 2.17. The van der Waals surface area contributed by atoms with E-state index in [1.54, 1.807) is 0 Å². The molecule has 1 aliphatic carbocycles. The van der Waals surface area contributed by atoms with Crippen molar-refractivity contribution in [1.29, 1.82) is 0 Å². The second-order valence-corrected chi connectivity index (χ2v) is 6.45. The summed E-state index contributed by atoms with van der Waals surface area (Å²) in [6.07, 6.45) is 3.31. The van der Waals surface area contributed by atoms with Gasteiger partial charge < -0.3 is 10.8 Å². The molecule has 1 aliphatic rings. The topological polar surface area (TPSA) is 113 Å². The van der Waals surface area contributed by atoms with Crippen molar-refractivity contribution in [2.24, 2.45) is 5.73 Å². The molecule has 0 bridgehead atoms. The Morgan fingerprint density at radius 3 is 2.61 bits per heavy atom. The number of nitrogens with zero attached hydrogens (tertiary/aromatic N) is 1. The fourth-order valence-electron chi connectivity index (χ4n) is 1.96. The van der Waals surface area contributed by atoms with Crippen LogP contribution >= 0.6 is 0 Å². The monoisotopic (exact) mass is 279 g/mol. The second kappa shape index (κ2) is 6.46. The largest absolute Gasteiger partial charge is 0.481 e. The van der Waals surface area contributed by atoms with E-state index in [1.165, 1.54) is 7.05 Å². The molecule has 0 heterocycles. The number of carboxylic acids is 1. The van der Waals surface area contributed by atoms with E-state index in [2.05, 4.69) is 4.72 Å². The Labute approximate surface area is 108 Å². The summed E-state index contributed by atoms with van der Waals surface area (Å²) in [6.45, 7) is -0.0490. The van der Waals surface area contributed by atoms with E-state index in [-0.39, 0.29) is 25.0 Å². The Morgan fingerprint density at radius 2 is 2.06 bits per heavy atom. The first-order chi connectivity index (χ1) is 8.33. The van der Waals surface area contributed by atoms with Crippen LogP contribution in [0.3, 0.4) is 0 Å². The highest BCUT2D eigenvalue weighted by atomic mass is 32.2. The zero-order valence-corrected chi connectivity index (χ0v) is 11.3. The molecule has 0 saturated heterocycles. The highest BCUT2D eigenvalue weighted by Gasteiger charge is 2.28. The summed E-state index contributed by atoms with van der Waals surface area (Å²) in [6, 6.07) is -0.419. The van der Waals surface area contributed by atoms with Crippen molar-refractivity contribution < 1.29 is 18.3 Å². The predicted octanol–water partition coefficient (Wildman–Crippen LogP) is -0.503. The van der Waals surface area contributed by atoms with Crippen LogP contribution in [0, 0.1) is 0 Å². The van der Waals surface area contributed by atoms with Crippen LogP contribution in [-0.4, -0.2) is 49.5 Å². The number of hydrogen-bond donors (Lipinski definition) is 3. The number of carboxylic acid groups (broad SMARTS) is 1. The van der Waals surface area contributed by atoms with Crippen molar-refractivity contribution in [3.05, 3.63) is 0 Å². The third kappa shape index (κ3) is 4.52. The van der Waals surface area contributed by atoms with Crippen molar-refractivity contribution in [1.82, 2.24) is 9.03 Å². The number of rotatable bonds is 6. The van der Waals surface area contributed by atoms with E-state index in [0.717, 1.165) is 30.0 Å². The molecule has 0 spiro atoms. The van der Waals surface area contributed by atoms with Crippen LogP contribution in [0.25, 0.3) is 0 Å². The Morgan fingerprint density at radius 1 is 1.44 bits per heavy atom. The van der Waals surface area contributed by atoms with E-state index >= 15 is 0 Å². The lowest BCUT2D eigenvalue weighted by Gasteiger charge is -2.30. The van der Waals surface area contributed by atoms with Gasteiger partial charge in [-0.2, -0.15) is 17.4 Å². The van der Waals surface area contributed by atoms with Crippen LogP contribution in [0.4, 0.5) is 0 Å². The van der Waals surface area contributed by atoms with Gasteiger partial charge in [0.25, 0.3) is 10.2 Å². The molecular weight excluding hydrogens is 258 g/mol. The lowest BCUT2D eigenvalue weighted by Crippen LogP contribution is -2.52. The van der Waals surface area contributed by atoms with Gasteiger partial charge >= 0.3 is 5.97 Å². The maximum atomic E-state index is 11.9. The molecule has 18 heavy (non-hydrogen) atoms. The van der Waals surface area contributed by atoms with Crippen LogP contribution in [-0.2, 0) is 15.0 Å². The first kappa shape index (κ1) is 15.4. The molecule has 7 nitrogen and oxygen atoms in total. The normalized spacial score (nSPS) is 25.3. The maximum Gasteiger partial charge on any atom is 0.304 e.